The van der Waals surface area contributed by atoms with Crippen molar-refractivity contribution in [1.82, 2.24) is 5.32 Å². The predicted octanol–water partition coefficient (Wildman–Crippen LogP) is 1.83. The summed E-state index contributed by atoms with van der Waals surface area (Å²) in [4.78, 5) is 11.2. The number of hydrogen-bond donors (Lipinski definition) is 1. The van der Waals surface area contributed by atoms with Crippen LogP contribution in [0.3, 0.4) is 0 Å². The van der Waals surface area contributed by atoms with E-state index in [4.69, 9.17) is 0 Å². The topological polar surface area (TPSA) is 29.1 Å². The second-order valence-corrected chi connectivity index (χ2v) is 4.28. The minimum Gasteiger partial charge on any atom is -0.352 e. The zero-order chi connectivity index (χ0) is 8.27. The van der Waals surface area contributed by atoms with Gasteiger partial charge in [-0.1, -0.05) is 28.8 Å². The summed E-state index contributed by atoms with van der Waals surface area (Å²) in [6, 6.07) is 0.362. The van der Waals surface area contributed by atoms with Gasteiger partial charge >= 0.3 is 0 Å². The van der Waals surface area contributed by atoms with Crippen molar-refractivity contribution < 1.29 is 4.79 Å². The Hall–Kier alpha value is -0.0500. The van der Waals surface area contributed by atoms with Gasteiger partial charge in [-0.25, -0.2) is 0 Å². The third-order valence-corrected chi connectivity index (χ3v) is 3.17. The molecular weight excluding hydrogens is 206 g/mol. The van der Waals surface area contributed by atoms with Crippen LogP contribution in [0, 0.1) is 0 Å². The SMILES string of the molecule is CC(=O)N[C@H]1CCCC[C@@H]1Br. The summed E-state index contributed by atoms with van der Waals surface area (Å²) < 4.78 is 0. The Labute approximate surface area is 75.9 Å². The molecule has 0 bridgehead atoms. The number of halogens is 1. The smallest absolute Gasteiger partial charge is 0.217 e. The molecule has 0 aliphatic heterocycles. The zero-order valence-corrected chi connectivity index (χ0v) is 8.36. The lowest BCUT2D eigenvalue weighted by molar-refractivity contribution is -0.119. The zero-order valence-electron chi connectivity index (χ0n) is 6.77. The molecule has 1 aliphatic carbocycles. The number of rotatable bonds is 1. The van der Waals surface area contributed by atoms with Crippen LogP contribution in [0.4, 0.5) is 0 Å². The van der Waals surface area contributed by atoms with E-state index in [0.29, 0.717) is 10.9 Å². The van der Waals surface area contributed by atoms with Crippen molar-refractivity contribution in [2.75, 3.05) is 0 Å². The van der Waals surface area contributed by atoms with E-state index in [1.807, 2.05) is 0 Å². The monoisotopic (exact) mass is 219 g/mol. The molecule has 0 spiro atoms. The van der Waals surface area contributed by atoms with E-state index in [1.165, 1.54) is 19.3 Å². The molecule has 1 fully saturated rings. The highest BCUT2D eigenvalue weighted by molar-refractivity contribution is 9.09. The number of carbonyl (C=O) groups excluding carboxylic acids is 1. The molecule has 1 N–H and O–H groups in total. The highest BCUT2D eigenvalue weighted by Gasteiger charge is 2.22. The van der Waals surface area contributed by atoms with Gasteiger partial charge in [-0.3, -0.25) is 4.79 Å². The van der Waals surface area contributed by atoms with Gasteiger partial charge in [0.05, 0.1) is 0 Å². The summed E-state index contributed by atoms with van der Waals surface area (Å²) in [5.74, 6) is 0.0846. The van der Waals surface area contributed by atoms with E-state index < -0.39 is 0 Å². The van der Waals surface area contributed by atoms with Crippen molar-refractivity contribution in [3.63, 3.8) is 0 Å². The molecule has 11 heavy (non-hydrogen) atoms. The number of amides is 1. The van der Waals surface area contributed by atoms with Crippen LogP contribution in [0.1, 0.15) is 32.6 Å². The van der Waals surface area contributed by atoms with Crippen LogP contribution in [-0.4, -0.2) is 16.8 Å². The summed E-state index contributed by atoms with van der Waals surface area (Å²) in [7, 11) is 0. The van der Waals surface area contributed by atoms with Gasteiger partial charge in [0.25, 0.3) is 0 Å². The summed E-state index contributed by atoms with van der Waals surface area (Å²) in [5, 5.41) is 2.95. The fraction of sp³-hybridized carbons (Fsp3) is 0.875. The van der Waals surface area contributed by atoms with Crippen LogP contribution in [0.25, 0.3) is 0 Å². The van der Waals surface area contributed by atoms with Gasteiger partial charge < -0.3 is 5.32 Å². The van der Waals surface area contributed by atoms with Gasteiger partial charge in [0.2, 0.25) is 5.91 Å². The minimum absolute atomic E-state index is 0.0846. The molecule has 1 saturated carbocycles. The van der Waals surface area contributed by atoms with Gasteiger partial charge in [0, 0.05) is 17.8 Å². The second-order valence-electron chi connectivity index (χ2n) is 3.11. The van der Waals surface area contributed by atoms with E-state index in [2.05, 4.69) is 21.2 Å². The first-order valence-electron chi connectivity index (χ1n) is 4.11. The highest BCUT2D eigenvalue weighted by Crippen LogP contribution is 2.24. The molecule has 3 heteroatoms. The third kappa shape index (κ3) is 2.81. The van der Waals surface area contributed by atoms with E-state index in [9.17, 15) is 4.79 Å². The van der Waals surface area contributed by atoms with Crippen LogP contribution in [0.2, 0.25) is 0 Å². The number of carbonyl (C=O) groups is 1. The third-order valence-electron chi connectivity index (χ3n) is 2.07. The molecule has 2 atom stereocenters. The Morgan fingerprint density at radius 3 is 2.64 bits per heavy atom. The maximum absolute atomic E-state index is 10.7. The molecule has 0 radical (unpaired) electrons. The normalized spacial score (nSPS) is 31.5. The Morgan fingerprint density at radius 2 is 2.09 bits per heavy atom. The largest absolute Gasteiger partial charge is 0.352 e. The first-order chi connectivity index (χ1) is 5.20. The summed E-state index contributed by atoms with van der Waals surface area (Å²) >= 11 is 3.57. The standard InChI is InChI=1S/C8H14BrNO/c1-6(11)10-8-5-3-2-4-7(8)9/h7-8H,2-5H2,1H3,(H,10,11)/t7-,8-/m0/s1. The van der Waals surface area contributed by atoms with Crippen LogP contribution >= 0.6 is 15.9 Å². The molecule has 1 rings (SSSR count). The van der Waals surface area contributed by atoms with Crippen LogP contribution in [-0.2, 0) is 4.79 Å². The fourth-order valence-electron chi connectivity index (χ4n) is 1.51. The molecule has 2 nitrogen and oxygen atoms in total. The molecule has 0 aromatic rings. The molecule has 0 saturated heterocycles. The quantitative estimate of drug-likeness (QED) is 0.671. The van der Waals surface area contributed by atoms with Crippen molar-refractivity contribution in [1.29, 1.82) is 0 Å². The van der Waals surface area contributed by atoms with Gasteiger partial charge in [0.15, 0.2) is 0 Å². The van der Waals surface area contributed by atoms with E-state index in [1.54, 1.807) is 6.92 Å². The van der Waals surface area contributed by atoms with Crippen molar-refractivity contribution in [3.05, 3.63) is 0 Å². The van der Waals surface area contributed by atoms with Gasteiger partial charge in [0.1, 0.15) is 0 Å². The average molecular weight is 220 g/mol. The molecule has 64 valence electrons. The lowest BCUT2D eigenvalue weighted by atomic mass is 9.95. The van der Waals surface area contributed by atoms with Gasteiger partial charge in [-0.05, 0) is 12.8 Å². The molecule has 0 unspecified atom stereocenters. The van der Waals surface area contributed by atoms with Crippen LogP contribution in [0.5, 0.6) is 0 Å². The maximum atomic E-state index is 10.7. The first kappa shape index (κ1) is 9.04. The van der Waals surface area contributed by atoms with Crippen molar-refractivity contribution in [2.45, 2.75) is 43.5 Å². The summed E-state index contributed by atoms with van der Waals surface area (Å²) in [6.07, 6.45) is 4.83. The molecule has 1 aliphatic rings. The van der Waals surface area contributed by atoms with Crippen molar-refractivity contribution in [3.8, 4) is 0 Å². The van der Waals surface area contributed by atoms with E-state index in [-0.39, 0.29) is 5.91 Å². The lowest BCUT2D eigenvalue weighted by Gasteiger charge is -2.27. The van der Waals surface area contributed by atoms with Gasteiger partial charge in [-0.2, -0.15) is 0 Å². The van der Waals surface area contributed by atoms with Crippen molar-refractivity contribution in [2.24, 2.45) is 0 Å². The summed E-state index contributed by atoms with van der Waals surface area (Å²) in [5.41, 5.74) is 0. The van der Waals surface area contributed by atoms with Gasteiger partial charge in [-0.15, -0.1) is 0 Å². The molecular formula is C8H14BrNO. The number of nitrogens with one attached hydrogen (secondary N) is 1. The Kier molecular flexibility index (Phi) is 3.37. The molecule has 0 aromatic heterocycles. The Balaban J connectivity index is 2.35. The fourth-order valence-corrected chi connectivity index (χ4v) is 2.23. The number of alkyl halides is 1. The lowest BCUT2D eigenvalue weighted by Crippen LogP contribution is -2.41. The summed E-state index contributed by atoms with van der Waals surface area (Å²) in [6.45, 7) is 1.58. The van der Waals surface area contributed by atoms with E-state index in [0.717, 1.165) is 6.42 Å². The van der Waals surface area contributed by atoms with Crippen LogP contribution in [0.15, 0.2) is 0 Å². The number of hydrogen-bond acceptors (Lipinski definition) is 1. The minimum atomic E-state index is 0.0846. The molecule has 1 amide bonds. The maximum Gasteiger partial charge on any atom is 0.217 e. The van der Waals surface area contributed by atoms with Crippen molar-refractivity contribution >= 4 is 21.8 Å². The second kappa shape index (κ2) is 4.10. The Bertz CT molecular complexity index is 149. The Morgan fingerprint density at radius 1 is 1.45 bits per heavy atom. The van der Waals surface area contributed by atoms with Crippen LogP contribution < -0.4 is 5.32 Å². The predicted molar refractivity (Wildman–Crippen MR) is 48.8 cm³/mol. The average Bonchev–Trinajstić information content (AvgIpc) is 1.93. The molecule has 0 aromatic carbocycles. The molecule has 0 heterocycles. The first-order valence-corrected chi connectivity index (χ1v) is 5.03. The highest BCUT2D eigenvalue weighted by atomic mass is 79.9. The van der Waals surface area contributed by atoms with E-state index >= 15 is 0 Å².